The number of nitrogens with one attached hydrogen (secondary N) is 1. The Morgan fingerprint density at radius 3 is 2.70 bits per heavy atom. The number of guanidine groups is 1. The summed E-state index contributed by atoms with van der Waals surface area (Å²) >= 11 is 3.90. The maximum Gasteiger partial charge on any atom is 0.194 e. The summed E-state index contributed by atoms with van der Waals surface area (Å²) in [6.07, 6.45) is 2.00. The summed E-state index contributed by atoms with van der Waals surface area (Å²) in [5, 5.41) is 14.5. The van der Waals surface area contributed by atoms with Crippen molar-refractivity contribution in [2.75, 3.05) is 37.7 Å². The lowest BCUT2D eigenvalue weighted by Gasteiger charge is -2.44. The first-order chi connectivity index (χ1) is 10.4. The summed E-state index contributed by atoms with van der Waals surface area (Å²) in [6.45, 7) is 12.3. The van der Waals surface area contributed by atoms with Gasteiger partial charge in [-0.05, 0) is 39.4 Å². The van der Waals surface area contributed by atoms with Gasteiger partial charge >= 0.3 is 0 Å². The quantitative estimate of drug-likeness (QED) is 0.365. The van der Waals surface area contributed by atoms with E-state index in [0.717, 1.165) is 49.9 Å². The Kier molecular flexibility index (Phi) is 8.85. The molecule has 7 heteroatoms. The Morgan fingerprint density at radius 2 is 2.17 bits per heavy atom. The first-order valence-corrected chi connectivity index (χ1v) is 10.4. The summed E-state index contributed by atoms with van der Waals surface area (Å²) in [5.41, 5.74) is -0.596. The molecule has 1 saturated heterocycles. The molecule has 0 spiro atoms. The molecule has 2 rings (SSSR count). The fourth-order valence-corrected chi connectivity index (χ4v) is 5.35. The van der Waals surface area contributed by atoms with Crippen LogP contribution >= 0.6 is 47.5 Å². The van der Waals surface area contributed by atoms with Gasteiger partial charge < -0.3 is 15.3 Å². The lowest BCUT2D eigenvalue weighted by atomic mass is 9.79. The minimum Gasteiger partial charge on any atom is -0.387 e. The average molecular weight is 473 g/mol. The highest BCUT2D eigenvalue weighted by Crippen LogP contribution is 2.41. The molecule has 2 N–H and O–H groups in total. The Hall–Kier alpha value is 0.660. The van der Waals surface area contributed by atoms with E-state index in [0.29, 0.717) is 11.8 Å². The standard InChI is InChI=1S/C16H31N3OS2.HI/c1-5-17-14(19-9-10-22-15(3,4)12-19)18-11-16(20)8-7-13(16)21-6-2;/h13,20H,5-12H2,1-4H3,(H,17,18);1H. The lowest BCUT2D eigenvalue weighted by molar-refractivity contribution is -0.0156. The summed E-state index contributed by atoms with van der Waals surface area (Å²) < 4.78 is 0.266. The number of halogens is 1. The van der Waals surface area contributed by atoms with Gasteiger partial charge in [-0.25, -0.2) is 0 Å². The Balaban J connectivity index is 0.00000264. The van der Waals surface area contributed by atoms with Crippen LogP contribution in [0.1, 0.15) is 40.5 Å². The molecule has 2 unspecified atom stereocenters. The van der Waals surface area contributed by atoms with Crippen molar-refractivity contribution >= 4 is 53.5 Å². The van der Waals surface area contributed by atoms with Crippen LogP contribution in [0.3, 0.4) is 0 Å². The van der Waals surface area contributed by atoms with Gasteiger partial charge in [-0.2, -0.15) is 23.5 Å². The molecule has 0 amide bonds. The molecule has 136 valence electrons. The van der Waals surface area contributed by atoms with Crippen LogP contribution < -0.4 is 5.32 Å². The third-order valence-electron chi connectivity index (χ3n) is 4.37. The molecular formula is C16H32IN3OS2. The van der Waals surface area contributed by atoms with Gasteiger partial charge in [0, 0.05) is 35.4 Å². The maximum atomic E-state index is 10.7. The molecule has 1 heterocycles. The van der Waals surface area contributed by atoms with Crippen molar-refractivity contribution in [1.29, 1.82) is 0 Å². The van der Waals surface area contributed by atoms with Gasteiger partial charge in [0.2, 0.25) is 0 Å². The third kappa shape index (κ3) is 5.85. The van der Waals surface area contributed by atoms with E-state index in [1.807, 2.05) is 23.5 Å². The summed E-state index contributed by atoms with van der Waals surface area (Å²) in [6, 6.07) is 0. The topological polar surface area (TPSA) is 47.9 Å². The SMILES string of the molecule is CCNC(=NCC1(O)CCC1SCC)N1CCSC(C)(C)C1.I. The van der Waals surface area contributed by atoms with Crippen molar-refractivity contribution in [3.05, 3.63) is 0 Å². The van der Waals surface area contributed by atoms with Crippen molar-refractivity contribution in [3.8, 4) is 0 Å². The van der Waals surface area contributed by atoms with Gasteiger partial charge in [0.15, 0.2) is 5.96 Å². The number of rotatable bonds is 5. The van der Waals surface area contributed by atoms with Gasteiger partial charge in [0.1, 0.15) is 0 Å². The second-order valence-electron chi connectivity index (χ2n) is 6.79. The summed E-state index contributed by atoms with van der Waals surface area (Å²) in [5.74, 6) is 3.17. The molecule has 2 atom stereocenters. The van der Waals surface area contributed by atoms with Crippen molar-refractivity contribution in [2.45, 2.75) is 56.1 Å². The van der Waals surface area contributed by atoms with Crippen LogP contribution in [0.2, 0.25) is 0 Å². The fraction of sp³-hybridized carbons (Fsp3) is 0.938. The second kappa shape index (κ2) is 9.38. The van der Waals surface area contributed by atoms with Crippen molar-refractivity contribution < 1.29 is 5.11 Å². The van der Waals surface area contributed by atoms with E-state index >= 15 is 0 Å². The molecular weight excluding hydrogens is 441 g/mol. The molecule has 0 radical (unpaired) electrons. The normalized spacial score (nSPS) is 30.4. The molecule has 0 aromatic heterocycles. The van der Waals surface area contributed by atoms with E-state index in [2.05, 4.69) is 37.9 Å². The largest absolute Gasteiger partial charge is 0.387 e. The van der Waals surface area contributed by atoms with Gasteiger partial charge in [-0.3, -0.25) is 4.99 Å². The van der Waals surface area contributed by atoms with E-state index < -0.39 is 5.60 Å². The van der Waals surface area contributed by atoms with Crippen LogP contribution in [0.4, 0.5) is 0 Å². The van der Waals surface area contributed by atoms with E-state index in [-0.39, 0.29) is 28.7 Å². The molecule has 23 heavy (non-hydrogen) atoms. The second-order valence-corrected chi connectivity index (χ2v) is 10.1. The molecule has 2 fully saturated rings. The first-order valence-electron chi connectivity index (χ1n) is 8.41. The predicted molar refractivity (Wildman–Crippen MR) is 116 cm³/mol. The zero-order valence-corrected chi connectivity index (χ0v) is 18.8. The Morgan fingerprint density at radius 1 is 1.43 bits per heavy atom. The monoisotopic (exact) mass is 473 g/mol. The molecule has 1 aliphatic heterocycles. The van der Waals surface area contributed by atoms with Gasteiger partial charge in [0.25, 0.3) is 0 Å². The zero-order valence-electron chi connectivity index (χ0n) is 14.8. The highest BCUT2D eigenvalue weighted by molar-refractivity contribution is 14.0. The first kappa shape index (κ1) is 21.7. The molecule has 1 saturated carbocycles. The van der Waals surface area contributed by atoms with Gasteiger partial charge in [0.05, 0.1) is 12.1 Å². The van der Waals surface area contributed by atoms with E-state index in [9.17, 15) is 5.11 Å². The van der Waals surface area contributed by atoms with Gasteiger partial charge in [-0.15, -0.1) is 24.0 Å². The van der Waals surface area contributed by atoms with Crippen molar-refractivity contribution in [1.82, 2.24) is 10.2 Å². The van der Waals surface area contributed by atoms with Crippen LogP contribution in [0.15, 0.2) is 4.99 Å². The Bertz CT molecular complexity index is 409. The lowest BCUT2D eigenvalue weighted by Crippen LogP contribution is -2.54. The van der Waals surface area contributed by atoms with Crippen molar-refractivity contribution in [3.63, 3.8) is 0 Å². The minimum atomic E-state index is -0.596. The molecule has 0 bridgehead atoms. The van der Waals surface area contributed by atoms with Crippen LogP contribution in [0.5, 0.6) is 0 Å². The van der Waals surface area contributed by atoms with Crippen LogP contribution in [0.25, 0.3) is 0 Å². The van der Waals surface area contributed by atoms with E-state index in [1.165, 1.54) is 0 Å². The van der Waals surface area contributed by atoms with Crippen LogP contribution in [0, 0.1) is 0 Å². The predicted octanol–water partition coefficient (Wildman–Crippen LogP) is 3.04. The third-order valence-corrected chi connectivity index (χ3v) is 7.08. The number of thioether (sulfide) groups is 2. The van der Waals surface area contributed by atoms with Crippen LogP contribution in [-0.2, 0) is 0 Å². The smallest absolute Gasteiger partial charge is 0.194 e. The fourth-order valence-electron chi connectivity index (χ4n) is 3.05. The minimum absolute atomic E-state index is 0. The molecule has 1 aliphatic carbocycles. The molecule has 4 nitrogen and oxygen atoms in total. The number of nitrogens with zero attached hydrogens (tertiary/aromatic N) is 2. The zero-order chi connectivity index (χ0) is 16.2. The number of aliphatic imine (C=N–C) groups is 1. The molecule has 0 aromatic carbocycles. The summed E-state index contributed by atoms with van der Waals surface area (Å²) in [4.78, 5) is 7.14. The highest BCUT2D eigenvalue weighted by atomic mass is 127. The molecule has 2 aliphatic rings. The van der Waals surface area contributed by atoms with E-state index in [1.54, 1.807) is 0 Å². The average Bonchev–Trinajstić information content (AvgIpc) is 2.46. The summed E-state index contributed by atoms with van der Waals surface area (Å²) in [7, 11) is 0. The van der Waals surface area contributed by atoms with Crippen molar-refractivity contribution in [2.24, 2.45) is 4.99 Å². The van der Waals surface area contributed by atoms with Crippen LogP contribution in [-0.4, -0.2) is 69.2 Å². The maximum absolute atomic E-state index is 10.7. The number of hydrogen-bond acceptors (Lipinski definition) is 4. The number of hydrogen-bond donors (Lipinski definition) is 2. The molecule has 0 aromatic rings. The highest BCUT2D eigenvalue weighted by Gasteiger charge is 2.45. The Labute approximate surface area is 167 Å². The van der Waals surface area contributed by atoms with Gasteiger partial charge in [-0.1, -0.05) is 6.92 Å². The number of aliphatic hydroxyl groups is 1. The van der Waals surface area contributed by atoms with E-state index in [4.69, 9.17) is 4.99 Å².